The molecule has 1 rings (SSSR count). The van der Waals surface area contributed by atoms with Crippen molar-refractivity contribution in [3.05, 3.63) is 27.1 Å². The molecule has 1 aromatic heterocycles. The Balaban J connectivity index is 2.47. The number of amides is 1. The summed E-state index contributed by atoms with van der Waals surface area (Å²) in [6.45, 7) is 0.134. The van der Waals surface area contributed by atoms with Crippen LogP contribution in [-0.4, -0.2) is 30.5 Å². The zero-order chi connectivity index (χ0) is 12.8. The SMILES string of the molecule is COC(=O)CCNC(=O)c1csc([N+](=O)[O-])c1. The highest BCUT2D eigenvalue weighted by atomic mass is 32.1. The molecule has 8 heteroatoms. The predicted octanol–water partition coefficient (Wildman–Crippen LogP) is 0.949. The van der Waals surface area contributed by atoms with E-state index in [2.05, 4.69) is 10.1 Å². The number of rotatable bonds is 5. The molecule has 0 aliphatic rings. The molecule has 0 atom stereocenters. The Morgan fingerprint density at radius 1 is 1.59 bits per heavy atom. The molecule has 0 saturated heterocycles. The second-order valence-corrected chi connectivity index (χ2v) is 3.90. The molecule has 0 fully saturated rings. The standard InChI is InChI=1S/C9H10N2O5S/c1-16-8(12)2-3-10-9(13)6-4-7(11(14)15)17-5-6/h4-5H,2-3H2,1H3,(H,10,13). The lowest BCUT2D eigenvalue weighted by Gasteiger charge is -2.01. The van der Waals surface area contributed by atoms with Gasteiger partial charge < -0.3 is 10.1 Å². The van der Waals surface area contributed by atoms with E-state index in [1.165, 1.54) is 18.6 Å². The van der Waals surface area contributed by atoms with Crippen molar-refractivity contribution in [3.8, 4) is 0 Å². The molecule has 0 radical (unpaired) electrons. The zero-order valence-corrected chi connectivity index (χ0v) is 9.78. The van der Waals surface area contributed by atoms with E-state index in [9.17, 15) is 19.7 Å². The summed E-state index contributed by atoms with van der Waals surface area (Å²) in [4.78, 5) is 32.1. The largest absolute Gasteiger partial charge is 0.469 e. The lowest BCUT2D eigenvalue weighted by molar-refractivity contribution is -0.380. The van der Waals surface area contributed by atoms with Crippen LogP contribution in [0.3, 0.4) is 0 Å². The van der Waals surface area contributed by atoms with E-state index in [0.29, 0.717) is 0 Å². The minimum atomic E-state index is -0.560. The maximum Gasteiger partial charge on any atom is 0.324 e. The third-order valence-electron chi connectivity index (χ3n) is 1.87. The molecule has 1 aromatic rings. The van der Waals surface area contributed by atoms with Gasteiger partial charge in [0.1, 0.15) is 0 Å². The number of esters is 1. The van der Waals surface area contributed by atoms with E-state index in [4.69, 9.17) is 0 Å². The monoisotopic (exact) mass is 258 g/mol. The third-order valence-corrected chi connectivity index (χ3v) is 2.75. The number of nitrogens with zero attached hydrogens (tertiary/aromatic N) is 1. The van der Waals surface area contributed by atoms with Gasteiger partial charge in [0.2, 0.25) is 0 Å². The fraction of sp³-hybridized carbons (Fsp3) is 0.333. The van der Waals surface area contributed by atoms with Crippen LogP contribution >= 0.6 is 11.3 Å². The first-order chi connectivity index (χ1) is 8.04. The molecular weight excluding hydrogens is 248 g/mol. The van der Waals surface area contributed by atoms with Crippen molar-refractivity contribution in [3.63, 3.8) is 0 Å². The molecule has 7 nitrogen and oxygen atoms in total. The van der Waals surface area contributed by atoms with Gasteiger partial charge in [-0.15, -0.1) is 0 Å². The summed E-state index contributed by atoms with van der Waals surface area (Å²) in [7, 11) is 1.26. The Hall–Kier alpha value is -1.96. The Bertz CT molecular complexity index is 442. The number of hydrogen-bond acceptors (Lipinski definition) is 6. The minimum absolute atomic E-state index is 0.0640. The summed E-state index contributed by atoms with van der Waals surface area (Å²) in [5.74, 6) is -0.875. The van der Waals surface area contributed by atoms with E-state index >= 15 is 0 Å². The Morgan fingerprint density at radius 3 is 2.82 bits per heavy atom. The first kappa shape index (κ1) is 13.1. The average Bonchev–Trinajstić information content (AvgIpc) is 2.78. The molecule has 17 heavy (non-hydrogen) atoms. The van der Waals surface area contributed by atoms with Crippen molar-refractivity contribution >= 4 is 28.2 Å². The summed E-state index contributed by atoms with van der Waals surface area (Å²) in [6, 6.07) is 1.19. The number of nitrogens with one attached hydrogen (secondary N) is 1. The van der Waals surface area contributed by atoms with Crippen LogP contribution < -0.4 is 5.32 Å². The quantitative estimate of drug-likeness (QED) is 0.481. The lowest BCUT2D eigenvalue weighted by Crippen LogP contribution is -2.25. The second-order valence-electron chi connectivity index (χ2n) is 3.01. The highest BCUT2D eigenvalue weighted by Crippen LogP contribution is 2.22. The van der Waals surface area contributed by atoms with Crippen LogP contribution in [0.5, 0.6) is 0 Å². The molecule has 0 unspecified atom stereocenters. The van der Waals surface area contributed by atoms with Gasteiger partial charge in [-0.1, -0.05) is 11.3 Å². The van der Waals surface area contributed by atoms with E-state index < -0.39 is 16.8 Å². The van der Waals surface area contributed by atoms with Crippen LogP contribution in [0.2, 0.25) is 0 Å². The zero-order valence-electron chi connectivity index (χ0n) is 8.97. The fourth-order valence-electron chi connectivity index (χ4n) is 1.02. The van der Waals surface area contributed by atoms with Crippen molar-refractivity contribution in [1.29, 1.82) is 0 Å². The van der Waals surface area contributed by atoms with E-state index in [-0.39, 0.29) is 23.5 Å². The Morgan fingerprint density at radius 2 is 2.29 bits per heavy atom. The maximum atomic E-state index is 11.5. The van der Waals surface area contributed by atoms with Gasteiger partial charge >= 0.3 is 11.0 Å². The smallest absolute Gasteiger partial charge is 0.324 e. The first-order valence-corrected chi connectivity index (χ1v) is 5.50. The number of thiophene rings is 1. The van der Waals surface area contributed by atoms with Gasteiger partial charge in [0.05, 0.1) is 24.0 Å². The molecular formula is C9H10N2O5S. The van der Waals surface area contributed by atoms with Crippen molar-refractivity contribution in [2.45, 2.75) is 6.42 Å². The number of methoxy groups -OCH3 is 1. The van der Waals surface area contributed by atoms with Crippen molar-refractivity contribution in [1.82, 2.24) is 5.32 Å². The van der Waals surface area contributed by atoms with Crippen LogP contribution in [0.4, 0.5) is 5.00 Å². The number of carbonyl (C=O) groups excluding carboxylic acids is 2. The first-order valence-electron chi connectivity index (χ1n) is 4.62. The van der Waals surface area contributed by atoms with E-state index in [1.807, 2.05) is 0 Å². The third kappa shape index (κ3) is 3.83. The molecule has 1 heterocycles. The Labute approximate surface area is 101 Å². The minimum Gasteiger partial charge on any atom is -0.469 e. The fourth-order valence-corrected chi connectivity index (χ4v) is 1.73. The molecule has 92 valence electrons. The van der Waals surface area contributed by atoms with Crippen molar-refractivity contribution in [2.75, 3.05) is 13.7 Å². The van der Waals surface area contributed by atoms with Crippen molar-refractivity contribution in [2.24, 2.45) is 0 Å². The maximum absolute atomic E-state index is 11.5. The molecule has 1 N–H and O–H groups in total. The molecule has 0 aliphatic heterocycles. The van der Waals surface area contributed by atoms with Crippen LogP contribution in [0, 0.1) is 10.1 Å². The Kier molecular flexibility index (Phi) is 4.58. The van der Waals surface area contributed by atoms with Gasteiger partial charge in [-0.05, 0) is 0 Å². The normalized spacial score (nSPS) is 9.71. The summed E-state index contributed by atoms with van der Waals surface area (Å²) in [6.07, 6.45) is 0.0640. The second kappa shape index (κ2) is 5.94. The highest BCUT2D eigenvalue weighted by molar-refractivity contribution is 7.13. The van der Waals surface area contributed by atoms with E-state index in [1.54, 1.807) is 0 Å². The van der Waals surface area contributed by atoms with Gasteiger partial charge in [0.25, 0.3) is 5.91 Å². The average molecular weight is 258 g/mol. The molecule has 0 aromatic carbocycles. The summed E-state index contributed by atoms with van der Waals surface area (Å²) in [5, 5.41) is 14.2. The van der Waals surface area contributed by atoms with E-state index in [0.717, 1.165) is 11.3 Å². The molecule has 0 saturated carbocycles. The van der Waals surface area contributed by atoms with Crippen LogP contribution in [0.1, 0.15) is 16.8 Å². The van der Waals surface area contributed by atoms with Gasteiger partial charge in [0.15, 0.2) is 0 Å². The number of ether oxygens (including phenoxy) is 1. The molecule has 0 aliphatic carbocycles. The summed E-state index contributed by atoms with van der Waals surface area (Å²) < 4.78 is 4.40. The van der Waals surface area contributed by atoms with Gasteiger partial charge in [-0.2, -0.15) is 0 Å². The lowest BCUT2D eigenvalue weighted by atomic mass is 10.3. The van der Waals surface area contributed by atoms with Crippen LogP contribution in [0.25, 0.3) is 0 Å². The topological polar surface area (TPSA) is 98.5 Å². The van der Waals surface area contributed by atoms with Crippen LogP contribution in [-0.2, 0) is 9.53 Å². The molecule has 0 spiro atoms. The highest BCUT2D eigenvalue weighted by Gasteiger charge is 2.14. The van der Waals surface area contributed by atoms with Crippen molar-refractivity contribution < 1.29 is 19.2 Å². The molecule has 1 amide bonds. The number of hydrogen-bond donors (Lipinski definition) is 1. The van der Waals surface area contributed by atoms with Gasteiger partial charge in [-0.25, -0.2) is 0 Å². The number of carbonyl (C=O) groups is 2. The van der Waals surface area contributed by atoms with Gasteiger partial charge in [0, 0.05) is 18.0 Å². The predicted molar refractivity (Wildman–Crippen MR) is 59.9 cm³/mol. The van der Waals surface area contributed by atoms with Gasteiger partial charge in [-0.3, -0.25) is 19.7 Å². The summed E-state index contributed by atoms with van der Waals surface area (Å²) in [5.41, 5.74) is 0.214. The summed E-state index contributed by atoms with van der Waals surface area (Å²) >= 11 is 0.879. The van der Waals surface area contributed by atoms with Crippen LogP contribution in [0.15, 0.2) is 11.4 Å². The number of nitro groups is 1. The molecule has 0 bridgehead atoms.